The summed E-state index contributed by atoms with van der Waals surface area (Å²) in [6.07, 6.45) is 8.37. The fraction of sp³-hybridized carbons (Fsp3) is 0.800. The highest BCUT2D eigenvalue weighted by Gasteiger charge is 2.10. The summed E-state index contributed by atoms with van der Waals surface area (Å²) < 4.78 is 5.06. The van der Waals surface area contributed by atoms with E-state index in [2.05, 4.69) is 24.4 Å². The van der Waals surface area contributed by atoms with Crippen LogP contribution in [0.2, 0.25) is 0 Å². The van der Waals surface area contributed by atoms with E-state index in [0.717, 1.165) is 6.61 Å². The normalized spacial score (nSPS) is 25.7. The van der Waals surface area contributed by atoms with Gasteiger partial charge < -0.3 is 10.1 Å². The summed E-state index contributed by atoms with van der Waals surface area (Å²) in [5.74, 6) is 0. The molecule has 0 aromatic carbocycles. The molecule has 1 N–H and O–H groups in total. The fourth-order valence-corrected chi connectivity index (χ4v) is 1.61. The number of allylic oxidation sites excluding steroid dienone is 1. The third-order valence-corrected chi connectivity index (χ3v) is 2.17. The minimum Gasteiger partial charge on any atom is -0.383 e. The molecule has 1 aliphatic carbocycles. The molecule has 0 aromatic heterocycles. The summed E-state index contributed by atoms with van der Waals surface area (Å²) in [4.78, 5) is 0. The molecule has 0 fully saturated rings. The molecule has 70 valence electrons. The van der Waals surface area contributed by atoms with Gasteiger partial charge in [0.2, 0.25) is 0 Å². The molecule has 2 atom stereocenters. The summed E-state index contributed by atoms with van der Waals surface area (Å²) in [5.41, 5.74) is 0. The van der Waals surface area contributed by atoms with Crippen molar-refractivity contribution in [3.05, 3.63) is 12.2 Å². The third kappa shape index (κ3) is 3.37. The SMILES string of the molecule is COCC(C)NC1C=CCCC1. The second-order valence-electron chi connectivity index (χ2n) is 3.49. The van der Waals surface area contributed by atoms with Gasteiger partial charge in [-0.25, -0.2) is 0 Å². The van der Waals surface area contributed by atoms with E-state index in [4.69, 9.17) is 4.74 Å². The van der Waals surface area contributed by atoms with E-state index in [1.54, 1.807) is 7.11 Å². The van der Waals surface area contributed by atoms with E-state index in [1.807, 2.05) is 0 Å². The summed E-state index contributed by atoms with van der Waals surface area (Å²) >= 11 is 0. The second kappa shape index (κ2) is 5.33. The molecule has 2 nitrogen and oxygen atoms in total. The summed E-state index contributed by atoms with van der Waals surface area (Å²) in [5, 5.41) is 3.51. The topological polar surface area (TPSA) is 21.3 Å². The Morgan fingerprint density at radius 2 is 2.50 bits per heavy atom. The predicted octanol–water partition coefficient (Wildman–Crippen LogP) is 1.72. The molecule has 1 aliphatic rings. The predicted molar refractivity (Wildman–Crippen MR) is 51.3 cm³/mol. The van der Waals surface area contributed by atoms with E-state index in [-0.39, 0.29) is 0 Å². The number of nitrogens with one attached hydrogen (secondary N) is 1. The van der Waals surface area contributed by atoms with Crippen molar-refractivity contribution < 1.29 is 4.74 Å². The van der Waals surface area contributed by atoms with Crippen LogP contribution >= 0.6 is 0 Å². The fourth-order valence-electron chi connectivity index (χ4n) is 1.61. The number of ether oxygens (including phenoxy) is 1. The Labute approximate surface area is 75.0 Å². The van der Waals surface area contributed by atoms with Crippen LogP contribution in [-0.2, 0) is 4.74 Å². The standard InChI is InChI=1S/C10H19NO/c1-9(8-12-2)11-10-6-4-3-5-7-10/h4,6,9-11H,3,5,7-8H2,1-2H3. The first-order valence-electron chi connectivity index (χ1n) is 4.74. The molecule has 0 amide bonds. The van der Waals surface area contributed by atoms with Crippen molar-refractivity contribution in [2.24, 2.45) is 0 Å². The van der Waals surface area contributed by atoms with Gasteiger partial charge in [0.25, 0.3) is 0 Å². The van der Waals surface area contributed by atoms with Gasteiger partial charge in [-0.3, -0.25) is 0 Å². The number of hydrogen-bond donors (Lipinski definition) is 1. The second-order valence-corrected chi connectivity index (χ2v) is 3.49. The first kappa shape index (κ1) is 9.75. The molecule has 0 saturated carbocycles. The molecule has 0 aliphatic heterocycles. The lowest BCUT2D eigenvalue weighted by molar-refractivity contribution is 0.168. The lowest BCUT2D eigenvalue weighted by Gasteiger charge is -2.22. The lowest BCUT2D eigenvalue weighted by atomic mass is 10.0. The molecule has 0 heterocycles. The molecule has 0 radical (unpaired) electrons. The van der Waals surface area contributed by atoms with Crippen molar-refractivity contribution in [2.45, 2.75) is 38.3 Å². The zero-order chi connectivity index (χ0) is 8.81. The highest BCUT2D eigenvalue weighted by molar-refractivity contribution is 4.98. The molecule has 12 heavy (non-hydrogen) atoms. The van der Waals surface area contributed by atoms with E-state index < -0.39 is 0 Å². The Bertz CT molecular complexity index is 145. The van der Waals surface area contributed by atoms with Gasteiger partial charge in [0.05, 0.1) is 6.61 Å². The number of hydrogen-bond acceptors (Lipinski definition) is 2. The molecule has 0 bridgehead atoms. The van der Waals surface area contributed by atoms with Crippen molar-refractivity contribution >= 4 is 0 Å². The molecular weight excluding hydrogens is 150 g/mol. The van der Waals surface area contributed by atoms with Crippen LogP contribution in [0.3, 0.4) is 0 Å². The Kier molecular flexibility index (Phi) is 4.33. The molecule has 2 unspecified atom stereocenters. The summed E-state index contributed by atoms with van der Waals surface area (Å²) in [6, 6.07) is 1.03. The van der Waals surface area contributed by atoms with E-state index >= 15 is 0 Å². The minimum atomic E-state index is 0.461. The Morgan fingerprint density at radius 1 is 1.67 bits per heavy atom. The minimum absolute atomic E-state index is 0.461. The summed E-state index contributed by atoms with van der Waals surface area (Å²) in [7, 11) is 1.74. The van der Waals surface area contributed by atoms with E-state index in [9.17, 15) is 0 Å². The van der Waals surface area contributed by atoms with Gasteiger partial charge in [-0.1, -0.05) is 12.2 Å². The zero-order valence-electron chi connectivity index (χ0n) is 8.05. The maximum Gasteiger partial charge on any atom is 0.0613 e. The van der Waals surface area contributed by atoms with E-state index in [1.165, 1.54) is 19.3 Å². The van der Waals surface area contributed by atoms with Crippen molar-refractivity contribution in [3.63, 3.8) is 0 Å². The van der Waals surface area contributed by atoms with Gasteiger partial charge in [-0.15, -0.1) is 0 Å². The maximum atomic E-state index is 5.06. The van der Waals surface area contributed by atoms with Gasteiger partial charge >= 0.3 is 0 Å². The van der Waals surface area contributed by atoms with Crippen LogP contribution in [0.25, 0.3) is 0 Å². The monoisotopic (exact) mass is 169 g/mol. The van der Waals surface area contributed by atoms with Crippen LogP contribution < -0.4 is 5.32 Å². The molecule has 1 rings (SSSR count). The van der Waals surface area contributed by atoms with Crippen LogP contribution in [0.4, 0.5) is 0 Å². The molecule has 0 spiro atoms. The first-order chi connectivity index (χ1) is 5.83. The van der Waals surface area contributed by atoms with Crippen molar-refractivity contribution in [1.29, 1.82) is 0 Å². The van der Waals surface area contributed by atoms with Gasteiger partial charge in [0, 0.05) is 19.2 Å². The zero-order valence-corrected chi connectivity index (χ0v) is 8.05. The first-order valence-corrected chi connectivity index (χ1v) is 4.74. The molecule has 2 heteroatoms. The smallest absolute Gasteiger partial charge is 0.0613 e. The van der Waals surface area contributed by atoms with E-state index in [0.29, 0.717) is 12.1 Å². The van der Waals surface area contributed by atoms with Gasteiger partial charge in [-0.05, 0) is 26.2 Å². The van der Waals surface area contributed by atoms with Crippen LogP contribution in [0.1, 0.15) is 26.2 Å². The molecular formula is C10H19NO. The van der Waals surface area contributed by atoms with Crippen molar-refractivity contribution in [3.8, 4) is 0 Å². The number of rotatable bonds is 4. The quantitative estimate of drug-likeness (QED) is 0.647. The highest BCUT2D eigenvalue weighted by atomic mass is 16.5. The lowest BCUT2D eigenvalue weighted by Crippen LogP contribution is -2.38. The Balaban J connectivity index is 2.20. The Morgan fingerprint density at radius 3 is 3.08 bits per heavy atom. The average molecular weight is 169 g/mol. The van der Waals surface area contributed by atoms with Crippen LogP contribution in [0.5, 0.6) is 0 Å². The molecule has 0 aromatic rings. The number of methoxy groups -OCH3 is 1. The van der Waals surface area contributed by atoms with Gasteiger partial charge in [0.15, 0.2) is 0 Å². The van der Waals surface area contributed by atoms with Crippen LogP contribution in [0.15, 0.2) is 12.2 Å². The van der Waals surface area contributed by atoms with Crippen LogP contribution in [0, 0.1) is 0 Å². The highest BCUT2D eigenvalue weighted by Crippen LogP contribution is 2.10. The maximum absolute atomic E-state index is 5.06. The van der Waals surface area contributed by atoms with Crippen LogP contribution in [-0.4, -0.2) is 25.8 Å². The van der Waals surface area contributed by atoms with Crippen molar-refractivity contribution in [2.75, 3.05) is 13.7 Å². The largest absolute Gasteiger partial charge is 0.383 e. The molecule has 0 saturated heterocycles. The van der Waals surface area contributed by atoms with Crippen molar-refractivity contribution in [1.82, 2.24) is 5.32 Å². The van der Waals surface area contributed by atoms with Gasteiger partial charge in [0.1, 0.15) is 0 Å². The van der Waals surface area contributed by atoms with Gasteiger partial charge in [-0.2, -0.15) is 0 Å². The summed E-state index contributed by atoms with van der Waals surface area (Å²) in [6.45, 7) is 2.95. The third-order valence-electron chi connectivity index (χ3n) is 2.17. The Hall–Kier alpha value is -0.340. The average Bonchev–Trinajstić information content (AvgIpc) is 2.06.